The van der Waals surface area contributed by atoms with Crippen LogP contribution in [0.25, 0.3) is 0 Å². The van der Waals surface area contributed by atoms with Gasteiger partial charge in [-0.2, -0.15) is 0 Å². The Morgan fingerprint density at radius 1 is 1.28 bits per heavy atom. The van der Waals surface area contributed by atoms with Crippen LogP contribution in [0.2, 0.25) is 0 Å². The van der Waals surface area contributed by atoms with Gasteiger partial charge in [-0.15, -0.1) is 6.58 Å². The van der Waals surface area contributed by atoms with Gasteiger partial charge in [-0.05, 0) is 43.0 Å². The van der Waals surface area contributed by atoms with E-state index in [1.165, 1.54) is 18.4 Å². The molecule has 0 aliphatic heterocycles. The van der Waals surface area contributed by atoms with Crippen LogP contribution in [0.5, 0.6) is 0 Å². The molecule has 0 aliphatic rings. The lowest BCUT2D eigenvalue weighted by atomic mass is 9.98. The van der Waals surface area contributed by atoms with E-state index >= 15 is 0 Å². The first kappa shape index (κ1) is 14.8. The number of hydrogen-bond acceptors (Lipinski definition) is 2. The predicted octanol–water partition coefficient (Wildman–Crippen LogP) is 3.81. The first-order valence-corrected chi connectivity index (χ1v) is 6.88. The second-order valence-corrected chi connectivity index (χ2v) is 4.71. The Labute approximate surface area is 111 Å². The molecule has 2 heteroatoms. The third-order valence-electron chi connectivity index (χ3n) is 3.38. The minimum atomic E-state index is 0.779. The minimum Gasteiger partial charge on any atom is -0.388 e. The van der Waals surface area contributed by atoms with Gasteiger partial charge >= 0.3 is 0 Å². The summed E-state index contributed by atoms with van der Waals surface area (Å²) >= 11 is 0. The fourth-order valence-electron chi connectivity index (χ4n) is 2.05. The summed E-state index contributed by atoms with van der Waals surface area (Å²) in [5.74, 6) is 0.779. The third kappa shape index (κ3) is 5.37. The smallest absolute Gasteiger partial charge is 0.0337 e. The van der Waals surface area contributed by atoms with E-state index in [0.717, 1.165) is 31.1 Å². The van der Waals surface area contributed by atoms with Gasteiger partial charge in [0.05, 0.1) is 0 Å². The second kappa shape index (κ2) is 8.76. The molecular formula is C16H26N2. The third-order valence-corrected chi connectivity index (χ3v) is 3.38. The Kier molecular flexibility index (Phi) is 7.19. The molecular weight excluding hydrogens is 220 g/mol. The van der Waals surface area contributed by atoms with Crippen LogP contribution in [0, 0.1) is 5.92 Å². The summed E-state index contributed by atoms with van der Waals surface area (Å²) in [6, 6.07) is 8.56. The zero-order valence-electron chi connectivity index (χ0n) is 11.7. The van der Waals surface area contributed by atoms with E-state index in [-0.39, 0.29) is 0 Å². The average molecular weight is 246 g/mol. The largest absolute Gasteiger partial charge is 0.388 e. The highest BCUT2D eigenvalue weighted by Gasteiger charge is 2.03. The summed E-state index contributed by atoms with van der Waals surface area (Å²) < 4.78 is 0. The van der Waals surface area contributed by atoms with Gasteiger partial charge in [-0.25, -0.2) is 0 Å². The molecule has 18 heavy (non-hydrogen) atoms. The van der Waals surface area contributed by atoms with Crippen LogP contribution in [-0.2, 0) is 6.54 Å². The van der Waals surface area contributed by atoms with Gasteiger partial charge < -0.3 is 10.6 Å². The highest BCUT2D eigenvalue weighted by molar-refractivity contribution is 5.43. The SMILES string of the molecule is C=CCC(CC)CCNCc1ccc(NC)cc1. The van der Waals surface area contributed by atoms with Gasteiger partial charge in [0, 0.05) is 19.3 Å². The van der Waals surface area contributed by atoms with E-state index < -0.39 is 0 Å². The molecule has 1 unspecified atom stereocenters. The molecule has 1 atom stereocenters. The number of anilines is 1. The van der Waals surface area contributed by atoms with Crippen LogP contribution >= 0.6 is 0 Å². The molecule has 0 amide bonds. The van der Waals surface area contributed by atoms with Gasteiger partial charge in [-0.1, -0.05) is 31.6 Å². The van der Waals surface area contributed by atoms with Crippen molar-refractivity contribution in [3.8, 4) is 0 Å². The highest BCUT2D eigenvalue weighted by Crippen LogP contribution is 2.13. The molecule has 2 nitrogen and oxygen atoms in total. The Hall–Kier alpha value is -1.28. The summed E-state index contributed by atoms with van der Waals surface area (Å²) in [5, 5.41) is 6.64. The van der Waals surface area contributed by atoms with E-state index in [1.54, 1.807) is 0 Å². The van der Waals surface area contributed by atoms with E-state index in [0.29, 0.717) is 0 Å². The maximum atomic E-state index is 3.81. The van der Waals surface area contributed by atoms with Crippen molar-refractivity contribution in [3.05, 3.63) is 42.5 Å². The fourth-order valence-corrected chi connectivity index (χ4v) is 2.05. The molecule has 1 aromatic carbocycles. The van der Waals surface area contributed by atoms with Crippen molar-refractivity contribution in [2.45, 2.75) is 32.7 Å². The standard InChI is InChI=1S/C16H26N2/c1-4-6-14(5-2)11-12-18-13-15-7-9-16(17-3)10-8-15/h4,7-10,14,17-18H,1,5-6,11-13H2,2-3H3. The van der Waals surface area contributed by atoms with Crippen molar-refractivity contribution in [2.24, 2.45) is 5.92 Å². The molecule has 0 radical (unpaired) electrons. The fraction of sp³-hybridized carbons (Fsp3) is 0.500. The summed E-state index contributed by atoms with van der Waals surface area (Å²) in [6.45, 7) is 8.11. The van der Waals surface area contributed by atoms with Crippen LogP contribution in [-0.4, -0.2) is 13.6 Å². The first-order valence-electron chi connectivity index (χ1n) is 6.88. The van der Waals surface area contributed by atoms with E-state index in [1.807, 2.05) is 13.1 Å². The van der Waals surface area contributed by atoms with Crippen molar-refractivity contribution in [2.75, 3.05) is 18.9 Å². The topological polar surface area (TPSA) is 24.1 Å². The van der Waals surface area contributed by atoms with Gasteiger partial charge in [0.1, 0.15) is 0 Å². The molecule has 2 N–H and O–H groups in total. The van der Waals surface area contributed by atoms with E-state index in [4.69, 9.17) is 0 Å². The van der Waals surface area contributed by atoms with Crippen molar-refractivity contribution in [3.63, 3.8) is 0 Å². The minimum absolute atomic E-state index is 0.779. The molecule has 0 spiro atoms. The molecule has 0 bridgehead atoms. The molecule has 0 heterocycles. The molecule has 1 rings (SSSR count). The van der Waals surface area contributed by atoms with Crippen LogP contribution in [0.15, 0.2) is 36.9 Å². The summed E-state index contributed by atoms with van der Waals surface area (Å²) in [6.07, 6.45) is 5.64. The second-order valence-electron chi connectivity index (χ2n) is 4.71. The van der Waals surface area contributed by atoms with E-state index in [9.17, 15) is 0 Å². The molecule has 0 fully saturated rings. The van der Waals surface area contributed by atoms with Crippen LogP contribution in [0.3, 0.4) is 0 Å². The molecule has 100 valence electrons. The lowest BCUT2D eigenvalue weighted by Crippen LogP contribution is -2.17. The van der Waals surface area contributed by atoms with Crippen molar-refractivity contribution in [1.29, 1.82) is 0 Å². The number of hydrogen-bond donors (Lipinski definition) is 2. The summed E-state index contributed by atoms with van der Waals surface area (Å²) in [7, 11) is 1.94. The van der Waals surface area contributed by atoms with Crippen molar-refractivity contribution >= 4 is 5.69 Å². The lowest BCUT2D eigenvalue weighted by Gasteiger charge is -2.13. The molecule has 0 saturated carbocycles. The summed E-state index contributed by atoms with van der Waals surface area (Å²) in [4.78, 5) is 0. The zero-order valence-corrected chi connectivity index (χ0v) is 11.7. The molecule has 0 aromatic heterocycles. The Bertz CT molecular complexity index is 329. The Balaban J connectivity index is 2.22. The molecule has 0 aliphatic carbocycles. The first-order chi connectivity index (χ1) is 8.80. The average Bonchev–Trinajstić information content (AvgIpc) is 2.43. The lowest BCUT2D eigenvalue weighted by molar-refractivity contribution is 0.456. The number of rotatable bonds is 9. The maximum Gasteiger partial charge on any atom is 0.0337 e. The van der Waals surface area contributed by atoms with Gasteiger partial charge in [0.15, 0.2) is 0 Å². The Morgan fingerprint density at radius 3 is 2.56 bits per heavy atom. The number of allylic oxidation sites excluding steroid dienone is 1. The highest BCUT2D eigenvalue weighted by atomic mass is 14.8. The Morgan fingerprint density at radius 2 is 2.00 bits per heavy atom. The van der Waals surface area contributed by atoms with Crippen molar-refractivity contribution in [1.82, 2.24) is 5.32 Å². The molecule has 1 aromatic rings. The van der Waals surface area contributed by atoms with Crippen LogP contribution < -0.4 is 10.6 Å². The van der Waals surface area contributed by atoms with Gasteiger partial charge in [-0.3, -0.25) is 0 Å². The predicted molar refractivity (Wildman–Crippen MR) is 80.9 cm³/mol. The quantitative estimate of drug-likeness (QED) is 0.511. The molecule has 0 saturated heterocycles. The normalized spacial score (nSPS) is 12.1. The number of benzene rings is 1. The number of nitrogens with one attached hydrogen (secondary N) is 2. The maximum absolute atomic E-state index is 3.81. The van der Waals surface area contributed by atoms with Gasteiger partial charge in [0.25, 0.3) is 0 Å². The monoisotopic (exact) mass is 246 g/mol. The van der Waals surface area contributed by atoms with Crippen LogP contribution in [0.4, 0.5) is 5.69 Å². The van der Waals surface area contributed by atoms with Gasteiger partial charge in [0.2, 0.25) is 0 Å². The summed E-state index contributed by atoms with van der Waals surface area (Å²) in [5.41, 5.74) is 2.50. The van der Waals surface area contributed by atoms with Crippen molar-refractivity contribution < 1.29 is 0 Å². The zero-order chi connectivity index (χ0) is 13.2. The van der Waals surface area contributed by atoms with Crippen LogP contribution in [0.1, 0.15) is 31.7 Å². The van der Waals surface area contributed by atoms with E-state index in [2.05, 4.69) is 48.4 Å².